The maximum absolute atomic E-state index is 12.2. The first-order chi connectivity index (χ1) is 10.1. The van der Waals surface area contributed by atoms with E-state index in [4.69, 9.17) is 9.47 Å². The molecule has 0 amide bonds. The summed E-state index contributed by atoms with van der Waals surface area (Å²) in [4.78, 5) is 12.2. The number of benzene rings is 2. The fourth-order valence-corrected chi connectivity index (χ4v) is 2.43. The van der Waals surface area contributed by atoms with Crippen LogP contribution in [0, 0.1) is 0 Å². The van der Waals surface area contributed by atoms with E-state index in [1.54, 1.807) is 24.3 Å². The first kappa shape index (κ1) is 13.3. The summed E-state index contributed by atoms with van der Waals surface area (Å²) in [6, 6.07) is 9.60. The van der Waals surface area contributed by atoms with E-state index in [1.165, 1.54) is 19.2 Å². The van der Waals surface area contributed by atoms with Crippen molar-refractivity contribution in [3.8, 4) is 23.0 Å². The van der Waals surface area contributed by atoms with Crippen molar-refractivity contribution < 1.29 is 24.5 Å². The predicted molar refractivity (Wildman–Crippen MR) is 74.8 cm³/mol. The van der Waals surface area contributed by atoms with Crippen molar-refractivity contribution in [2.24, 2.45) is 0 Å². The molecule has 1 aliphatic heterocycles. The Morgan fingerprint density at radius 3 is 2.71 bits per heavy atom. The van der Waals surface area contributed by atoms with E-state index < -0.39 is 6.10 Å². The van der Waals surface area contributed by atoms with Gasteiger partial charge in [-0.2, -0.15) is 0 Å². The van der Waals surface area contributed by atoms with Gasteiger partial charge in [-0.1, -0.05) is 12.1 Å². The van der Waals surface area contributed by atoms with E-state index in [2.05, 4.69) is 0 Å². The minimum absolute atomic E-state index is 0.0481. The van der Waals surface area contributed by atoms with Crippen LogP contribution in [-0.2, 0) is 11.2 Å². The number of fused-ring (bicyclic) bond motifs is 1. The number of methoxy groups -OCH3 is 1. The Balaban J connectivity index is 1.97. The molecule has 5 heteroatoms. The summed E-state index contributed by atoms with van der Waals surface area (Å²) >= 11 is 0. The highest BCUT2D eigenvalue weighted by Crippen LogP contribution is 2.38. The van der Waals surface area contributed by atoms with Gasteiger partial charge in [0.2, 0.25) is 0 Å². The standard InChI is InChI=1S/C16H14O5/c1-20-15-6-5-9(7-12(15)18)16-13(19)8-10-11(17)3-2-4-14(10)21-16/h2-7,16-18H,8H2,1H3. The highest BCUT2D eigenvalue weighted by molar-refractivity contribution is 5.89. The summed E-state index contributed by atoms with van der Waals surface area (Å²) < 4.78 is 10.7. The molecular weight excluding hydrogens is 272 g/mol. The monoisotopic (exact) mass is 286 g/mol. The largest absolute Gasteiger partial charge is 0.508 e. The summed E-state index contributed by atoms with van der Waals surface area (Å²) in [6.45, 7) is 0. The van der Waals surface area contributed by atoms with Crippen molar-refractivity contribution in [2.75, 3.05) is 7.11 Å². The second-order valence-corrected chi connectivity index (χ2v) is 4.83. The zero-order chi connectivity index (χ0) is 15.0. The number of ether oxygens (including phenoxy) is 2. The van der Waals surface area contributed by atoms with Crippen molar-refractivity contribution in [3.63, 3.8) is 0 Å². The summed E-state index contributed by atoms with van der Waals surface area (Å²) in [5.41, 5.74) is 1.05. The molecule has 5 nitrogen and oxygen atoms in total. The van der Waals surface area contributed by atoms with Crippen LogP contribution < -0.4 is 9.47 Å². The number of carbonyl (C=O) groups is 1. The van der Waals surface area contributed by atoms with E-state index in [1.807, 2.05) is 0 Å². The van der Waals surface area contributed by atoms with Gasteiger partial charge in [0, 0.05) is 17.5 Å². The Bertz CT molecular complexity index is 708. The summed E-state index contributed by atoms with van der Waals surface area (Å²) in [6.07, 6.45) is -0.699. The molecule has 1 aliphatic rings. The molecule has 0 saturated carbocycles. The van der Waals surface area contributed by atoms with Gasteiger partial charge in [-0.05, 0) is 24.3 Å². The average Bonchev–Trinajstić information content (AvgIpc) is 2.47. The summed E-state index contributed by atoms with van der Waals surface area (Å²) in [7, 11) is 1.45. The number of hydrogen-bond acceptors (Lipinski definition) is 5. The molecule has 0 spiro atoms. The van der Waals surface area contributed by atoms with E-state index in [0.29, 0.717) is 22.6 Å². The van der Waals surface area contributed by atoms with Gasteiger partial charge in [0.15, 0.2) is 23.4 Å². The van der Waals surface area contributed by atoms with Crippen molar-refractivity contribution in [2.45, 2.75) is 12.5 Å². The smallest absolute Gasteiger partial charge is 0.182 e. The zero-order valence-corrected chi connectivity index (χ0v) is 11.4. The number of phenolic OH excluding ortho intramolecular Hbond substituents is 2. The summed E-state index contributed by atoms with van der Waals surface area (Å²) in [5.74, 6) is 0.647. The Kier molecular flexibility index (Phi) is 3.17. The molecule has 0 aromatic heterocycles. The van der Waals surface area contributed by atoms with E-state index in [0.717, 1.165) is 0 Å². The lowest BCUT2D eigenvalue weighted by Crippen LogP contribution is -2.25. The van der Waals surface area contributed by atoms with Crippen molar-refractivity contribution in [1.82, 2.24) is 0 Å². The zero-order valence-electron chi connectivity index (χ0n) is 11.4. The number of phenols is 2. The first-order valence-corrected chi connectivity index (χ1v) is 6.47. The van der Waals surface area contributed by atoms with Gasteiger partial charge in [-0.25, -0.2) is 0 Å². The molecule has 0 saturated heterocycles. The Labute approximate surface area is 121 Å². The maximum atomic E-state index is 12.2. The van der Waals surface area contributed by atoms with Crippen molar-refractivity contribution >= 4 is 5.78 Å². The lowest BCUT2D eigenvalue weighted by atomic mass is 9.95. The van der Waals surface area contributed by atoms with Crippen LogP contribution in [-0.4, -0.2) is 23.1 Å². The van der Waals surface area contributed by atoms with Gasteiger partial charge in [0.1, 0.15) is 11.5 Å². The molecule has 0 aliphatic carbocycles. The molecule has 1 heterocycles. The lowest BCUT2D eigenvalue weighted by Gasteiger charge is -2.25. The van der Waals surface area contributed by atoms with Gasteiger partial charge in [0.05, 0.1) is 7.11 Å². The molecule has 0 fully saturated rings. The van der Waals surface area contributed by atoms with E-state index in [9.17, 15) is 15.0 Å². The van der Waals surface area contributed by atoms with Crippen LogP contribution in [0.2, 0.25) is 0 Å². The van der Waals surface area contributed by atoms with Crippen LogP contribution in [0.1, 0.15) is 17.2 Å². The molecule has 1 atom stereocenters. The first-order valence-electron chi connectivity index (χ1n) is 6.47. The van der Waals surface area contributed by atoms with Gasteiger partial charge in [0.25, 0.3) is 0 Å². The second-order valence-electron chi connectivity index (χ2n) is 4.83. The molecule has 3 rings (SSSR count). The van der Waals surface area contributed by atoms with Gasteiger partial charge in [-0.15, -0.1) is 0 Å². The minimum atomic E-state index is -0.795. The normalized spacial score (nSPS) is 17.0. The quantitative estimate of drug-likeness (QED) is 0.886. The number of Topliss-reactive ketones (excluding diaryl/α,β-unsaturated/α-hetero) is 1. The molecule has 2 N–H and O–H groups in total. The highest BCUT2D eigenvalue weighted by Gasteiger charge is 2.31. The van der Waals surface area contributed by atoms with Crippen LogP contribution in [0.5, 0.6) is 23.0 Å². The highest BCUT2D eigenvalue weighted by atomic mass is 16.5. The molecule has 1 unspecified atom stereocenters. The molecule has 0 bridgehead atoms. The van der Waals surface area contributed by atoms with Crippen LogP contribution in [0.15, 0.2) is 36.4 Å². The predicted octanol–water partition coefficient (Wildman–Crippen LogP) is 2.35. The third-order valence-corrected chi connectivity index (χ3v) is 3.50. The fraction of sp³-hybridized carbons (Fsp3) is 0.188. The number of carbonyl (C=O) groups excluding carboxylic acids is 1. The number of ketones is 1. The van der Waals surface area contributed by atoms with Crippen molar-refractivity contribution in [1.29, 1.82) is 0 Å². The molecule has 0 radical (unpaired) electrons. The second kappa shape index (κ2) is 5.01. The molecule has 108 valence electrons. The van der Waals surface area contributed by atoms with Crippen LogP contribution in [0.3, 0.4) is 0 Å². The van der Waals surface area contributed by atoms with E-state index in [-0.39, 0.29) is 23.7 Å². The maximum Gasteiger partial charge on any atom is 0.182 e. The topological polar surface area (TPSA) is 76.0 Å². The van der Waals surface area contributed by atoms with Gasteiger partial charge < -0.3 is 19.7 Å². The molecule has 2 aromatic carbocycles. The Hall–Kier alpha value is -2.69. The van der Waals surface area contributed by atoms with Crippen LogP contribution in [0.4, 0.5) is 0 Å². The SMILES string of the molecule is COc1ccc(C2Oc3cccc(O)c3CC2=O)cc1O. The third kappa shape index (κ3) is 2.27. The number of rotatable bonds is 2. The molecule has 21 heavy (non-hydrogen) atoms. The number of aromatic hydroxyl groups is 2. The fourth-order valence-electron chi connectivity index (χ4n) is 2.43. The lowest BCUT2D eigenvalue weighted by molar-refractivity contribution is -0.126. The third-order valence-electron chi connectivity index (χ3n) is 3.50. The number of hydrogen-bond donors (Lipinski definition) is 2. The van der Waals surface area contributed by atoms with Crippen LogP contribution >= 0.6 is 0 Å². The molecule has 2 aromatic rings. The van der Waals surface area contributed by atoms with Crippen LogP contribution in [0.25, 0.3) is 0 Å². The van der Waals surface area contributed by atoms with Gasteiger partial charge in [-0.3, -0.25) is 4.79 Å². The Morgan fingerprint density at radius 1 is 1.19 bits per heavy atom. The minimum Gasteiger partial charge on any atom is -0.508 e. The summed E-state index contributed by atoms with van der Waals surface area (Å²) in [5, 5.41) is 19.6. The average molecular weight is 286 g/mol. The molecular formula is C16H14O5. The Morgan fingerprint density at radius 2 is 2.00 bits per heavy atom. The van der Waals surface area contributed by atoms with Gasteiger partial charge >= 0.3 is 0 Å². The van der Waals surface area contributed by atoms with E-state index >= 15 is 0 Å². The van der Waals surface area contributed by atoms with Crippen molar-refractivity contribution in [3.05, 3.63) is 47.5 Å².